The van der Waals surface area contributed by atoms with Gasteiger partial charge in [-0.05, 0) is 19.8 Å². The molecule has 1 fully saturated rings. The predicted molar refractivity (Wildman–Crippen MR) is 79.5 cm³/mol. The number of benzene rings is 1. The molecule has 1 atom stereocenters. The molecule has 0 aliphatic heterocycles. The van der Waals surface area contributed by atoms with Crippen LogP contribution in [0.5, 0.6) is 0 Å². The summed E-state index contributed by atoms with van der Waals surface area (Å²) >= 11 is 0. The number of carbonyl (C=O) groups excluding carboxylic acids is 1. The molecule has 0 saturated heterocycles. The van der Waals surface area contributed by atoms with E-state index in [-0.39, 0.29) is 11.8 Å². The summed E-state index contributed by atoms with van der Waals surface area (Å²) in [6, 6.07) is 10.0. The molecule has 1 unspecified atom stereocenters. The second-order valence-electron chi connectivity index (χ2n) is 5.66. The number of carbonyl (C=O) groups is 1. The number of hydrogen-bond acceptors (Lipinski definition) is 2. The molecule has 104 valence electrons. The first-order valence-electron chi connectivity index (χ1n) is 7.62. The van der Waals surface area contributed by atoms with Gasteiger partial charge in [0.1, 0.15) is 0 Å². The molecule has 1 saturated carbocycles. The molecule has 0 bridgehead atoms. The highest BCUT2D eigenvalue weighted by atomic mass is 16.1. The van der Waals surface area contributed by atoms with Crippen LogP contribution in [-0.2, 0) is 0 Å². The Bertz CT molecular complexity index is 380. The Morgan fingerprint density at radius 2 is 1.63 bits per heavy atom. The zero-order valence-corrected chi connectivity index (χ0v) is 11.9. The average molecular weight is 259 g/mol. The zero-order chi connectivity index (χ0) is 13.5. The number of nitrogens with one attached hydrogen (secondary N) is 1. The van der Waals surface area contributed by atoms with Gasteiger partial charge in [-0.1, -0.05) is 62.4 Å². The van der Waals surface area contributed by atoms with Gasteiger partial charge in [-0.2, -0.15) is 0 Å². The van der Waals surface area contributed by atoms with Crippen LogP contribution in [0.3, 0.4) is 0 Å². The van der Waals surface area contributed by atoms with Gasteiger partial charge in [0.25, 0.3) is 0 Å². The van der Waals surface area contributed by atoms with Crippen LogP contribution in [0.15, 0.2) is 30.3 Å². The van der Waals surface area contributed by atoms with Gasteiger partial charge < -0.3 is 5.32 Å². The van der Waals surface area contributed by atoms with Crippen LogP contribution in [0.1, 0.15) is 62.2 Å². The van der Waals surface area contributed by atoms with E-state index in [1.165, 1.54) is 44.9 Å². The van der Waals surface area contributed by atoms with Crippen molar-refractivity contribution in [1.82, 2.24) is 5.32 Å². The van der Waals surface area contributed by atoms with E-state index in [4.69, 9.17) is 0 Å². The lowest BCUT2D eigenvalue weighted by Crippen LogP contribution is -2.41. The van der Waals surface area contributed by atoms with Gasteiger partial charge in [-0.15, -0.1) is 0 Å². The number of ketones is 1. The average Bonchev–Trinajstić information content (AvgIpc) is 2.41. The zero-order valence-electron chi connectivity index (χ0n) is 11.9. The molecule has 19 heavy (non-hydrogen) atoms. The summed E-state index contributed by atoms with van der Waals surface area (Å²) in [6.45, 7) is 1.99. The van der Waals surface area contributed by atoms with Crippen molar-refractivity contribution in [1.29, 1.82) is 0 Å². The maximum atomic E-state index is 12.3. The molecule has 1 aliphatic carbocycles. The van der Waals surface area contributed by atoms with Gasteiger partial charge in [-0.3, -0.25) is 4.79 Å². The summed E-state index contributed by atoms with van der Waals surface area (Å²) in [5.74, 6) is 0.211. The summed E-state index contributed by atoms with van der Waals surface area (Å²) in [5, 5.41) is 3.54. The number of rotatable bonds is 4. The minimum atomic E-state index is -0.0770. The molecular formula is C17H25NO. The van der Waals surface area contributed by atoms with E-state index in [1.807, 2.05) is 37.3 Å². The fraction of sp³-hybridized carbons (Fsp3) is 0.588. The molecule has 1 N–H and O–H groups in total. The van der Waals surface area contributed by atoms with Gasteiger partial charge in [0.2, 0.25) is 0 Å². The highest BCUT2D eigenvalue weighted by molar-refractivity contribution is 5.99. The smallest absolute Gasteiger partial charge is 0.179 e. The van der Waals surface area contributed by atoms with Crippen LogP contribution in [-0.4, -0.2) is 17.9 Å². The van der Waals surface area contributed by atoms with Crippen molar-refractivity contribution in [3.63, 3.8) is 0 Å². The van der Waals surface area contributed by atoms with Gasteiger partial charge >= 0.3 is 0 Å². The molecule has 0 aromatic heterocycles. The molecule has 0 spiro atoms. The van der Waals surface area contributed by atoms with Crippen LogP contribution in [0.2, 0.25) is 0 Å². The molecule has 1 aromatic carbocycles. The van der Waals surface area contributed by atoms with Gasteiger partial charge in [0, 0.05) is 11.6 Å². The van der Waals surface area contributed by atoms with Gasteiger partial charge in [0.15, 0.2) is 5.78 Å². The molecule has 0 amide bonds. The molecular weight excluding hydrogens is 234 g/mol. The Labute approximate surface area is 116 Å². The third-order valence-corrected chi connectivity index (χ3v) is 4.04. The molecule has 1 aromatic rings. The molecule has 0 radical (unpaired) electrons. The van der Waals surface area contributed by atoms with E-state index in [0.29, 0.717) is 6.04 Å². The van der Waals surface area contributed by atoms with Crippen LogP contribution >= 0.6 is 0 Å². The van der Waals surface area contributed by atoms with E-state index in [2.05, 4.69) is 5.32 Å². The second-order valence-corrected chi connectivity index (χ2v) is 5.66. The summed E-state index contributed by atoms with van der Waals surface area (Å²) in [6.07, 6.45) is 9.09. The Morgan fingerprint density at radius 3 is 2.26 bits per heavy atom. The number of hydrogen-bond donors (Lipinski definition) is 1. The van der Waals surface area contributed by atoms with Crippen LogP contribution < -0.4 is 5.32 Å². The van der Waals surface area contributed by atoms with E-state index >= 15 is 0 Å². The Kier molecular flexibility index (Phi) is 5.59. The van der Waals surface area contributed by atoms with Crippen molar-refractivity contribution in [3.05, 3.63) is 35.9 Å². The fourth-order valence-corrected chi connectivity index (χ4v) is 2.90. The largest absolute Gasteiger partial charge is 0.305 e. The van der Waals surface area contributed by atoms with Crippen molar-refractivity contribution in [3.8, 4) is 0 Å². The normalized spacial score (nSPS) is 19.4. The van der Waals surface area contributed by atoms with E-state index in [9.17, 15) is 4.79 Å². The first-order valence-corrected chi connectivity index (χ1v) is 7.62. The number of Topliss-reactive ketones (excluding diaryl/α,β-unsaturated/α-hetero) is 1. The van der Waals surface area contributed by atoms with Gasteiger partial charge in [-0.25, -0.2) is 0 Å². The maximum absolute atomic E-state index is 12.3. The Hall–Kier alpha value is -1.15. The quantitative estimate of drug-likeness (QED) is 0.829. The standard InChI is InChI=1S/C17H25NO/c1-14(17(19)15-10-6-5-7-11-15)18-16-12-8-3-2-4-9-13-16/h5-7,10-11,14,16,18H,2-4,8-9,12-13H2,1H3. The summed E-state index contributed by atoms with van der Waals surface area (Å²) < 4.78 is 0. The Balaban J connectivity index is 1.88. The van der Waals surface area contributed by atoms with Crippen molar-refractivity contribution in [2.75, 3.05) is 0 Å². The third kappa shape index (κ3) is 4.46. The van der Waals surface area contributed by atoms with Crippen molar-refractivity contribution in [2.24, 2.45) is 0 Å². The van der Waals surface area contributed by atoms with E-state index in [0.717, 1.165) is 5.56 Å². The maximum Gasteiger partial charge on any atom is 0.179 e. The highest BCUT2D eigenvalue weighted by Gasteiger charge is 2.19. The lowest BCUT2D eigenvalue weighted by atomic mass is 9.95. The van der Waals surface area contributed by atoms with E-state index in [1.54, 1.807) is 0 Å². The Morgan fingerprint density at radius 1 is 1.05 bits per heavy atom. The minimum Gasteiger partial charge on any atom is -0.305 e. The highest BCUT2D eigenvalue weighted by Crippen LogP contribution is 2.18. The molecule has 0 heterocycles. The summed E-state index contributed by atoms with van der Waals surface area (Å²) in [5.41, 5.74) is 0.813. The molecule has 2 rings (SSSR count). The SMILES string of the molecule is CC(NC1CCCCCCC1)C(=O)c1ccccc1. The predicted octanol–water partition coefficient (Wildman–Crippen LogP) is 3.96. The van der Waals surface area contributed by atoms with Crippen molar-refractivity contribution >= 4 is 5.78 Å². The minimum absolute atomic E-state index is 0.0770. The van der Waals surface area contributed by atoms with Crippen LogP contribution in [0, 0.1) is 0 Å². The van der Waals surface area contributed by atoms with Crippen LogP contribution in [0.25, 0.3) is 0 Å². The molecule has 2 heteroatoms. The molecule has 1 aliphatic rings. The van der Waals surface area contributed by atoms with Crippen molar-refractivity contribution < 1.29 is 4.79 Å². The lowest BCUT2D eigenvalue weighted by molar-refractivity contribution is 0.0941. The van der Waals surface area contributed by atoms with Gasteiger partial charge in [0.05, 0.1) is 6.04 Å². The summed E-state index contributed by atoms with van der Waals surface area (Å²) in [4.78, 5) is 12.3. The third-order valence-electron chi connectivity index (χ3n) is 4.04. The van der Waals surface area contributed by atoms with Crippen molar-refractivity contribution in [2.45, 2.75) is 64.0 Å². The monoisotopic (exact) mass is 259 g/mol. The van der Waals surface area contributed by atoms with Crippen LogP contribution in [0.4, 0.5) is 0 Å². The first-order chi connectivity index (χ1) is 9.27. The van der Waals surface area contributed by atoms with E-state index < -0.39 is 0 Å². The summed E-state index contributed by atoms with van der Waals surface area (Å²) in [7, 11) is 0. The lowest BCUT2D eigenvalue weighted by Gasteiger charge is -2.24. The second kappa shape index (κ2) is 7.44. The fourth-order valence-electron chi connectivity index (χ4n) is 2.90. The molecule has 2 nitrogen and oxygen atoms in total. The first kappa shape index (κ1) is 14.3. The topological polar surface area (TPSA) is 29.1 Å².